The minimum absolute atomic E-state index is 0.0476. The molecule has 3 unspecified atom stereocenters. The normalized spacial score (nSPS) is 28.6. The lowest BCUT2D eigenvalue weighted by atomic mass is 9.74. The summed E-state index contributed by atoms with van der Waals surface area (Å²) < 4.78 is 0. The molecule has 3 rings (SSSR count). The number of para-hydroxylation sites is 1. The van der Waals surface area contributed by atoms with Crippen molar-refractivity contribution < 1.29 is 4.79 Å². The molecule has 2 fully saturated rings. The highest BCUT2D eigenvalue weighted by Gasteiger charge is 2.38. The van der Waals surface area contributed by atoms with Crippen LogP contribution in [0.25, 0.3) is 0 Å². The minimum atomic E-state index is -0.358. The molecule has 3 atom stereocenters. The van der Waals surface area contributed by atoms with Gasteiger partial charge in [-0.05, 0) is 38.8 Å². The maximum atomic E-state index is 12.7. The summed E-state index contributed by atoms with van der Waals surface area (Å²) >= 11 is 0. The number of carbonyl (C=O) groups excluding carboxylic acids is 1. The Balaban J connectivity index is 1.44. The Labute approximate surface area is 157 Å². The monoisotopic (exact) mass is 358 g/mol. The van der Waals surface area contributed by atoms with E-state index in [1.807, 2.05) is 6.92 Å². The number of carbonyl (C=O) groups is 1. The van der Waals surface area contributed by atoms with Gasteiger partial charge in [-0.2, -0.15) is 0 Å². The van der Waals surface area contributed by atoms with Crippen molar-refractivity contribution in [3.05, 3.63) is 30.3 Å². The lowest BCUT2D eigenvalue weighted by Gasteiger charge is -2.39. The number of benzene rings is 1. The fraction of sp³-hybridized carbons (Fsp3) is 0.667. The first-order valence-corrected chi connectivity index (χ1v) is 10.1. The Morgan fingerprint density at radius 1 is 1.23 bits per heavy atom. The van der Waals surface area contributed by atoms with E-state index in [0.717, 1.165) is 58.4 Å². The number of piperazine rings is 1. The van der Waals surface area contributed by atoms with Crippen LogP contribution in [0.15, 0.2) is 30.3 Å². The Morgan fingerprint density at radius 3 is 2.58 bits per heavy atom. The predicted molar refractivity (Wildman–Crippen MR) is 107 cm³/mol. The van der Waals surface area contributed by atoms with E-state index in [0.29, 0.717) is 0 Å². The molecule has 1 aliphatic heterocycles. The maximum absolute atomic E-state index is 12.7. The highest BCUT2D eigenvalue weighted by molar-refractivity contribution is 5.80. The van der Waals surface area contributed by atoms with E-state index in [-0.39, 0.29) is 23.4 Å². The molecule has 0 spiro atoms. The smallest absolute Gasteiger partial charge is 0.225 e. The van der Waals surface area contributed by atoms with Crippen molar-refractivity contribution >= 4 is 11.6 Å². The summed E-state index contributed by atoms with van der Waals surface area (Å²) in [5.74, 6) is 0.0961. The topological polar surface area (TPSA) is 61.6 Å². The van der Waals surface area contributed by atoms with E-state index in [1.54, 1.807) is 0 Å². The third-order valence-electron chi connectivity index (χ3n) is 5.99. The van der Waals surface area contributed by atoms with Crippen LogP contribution < -0.4 is 16.0 Å². The number of hydrogen-bond acceptors (Lipinski definition) is 4. The first-order chi connectivity index (χ1) is 12.5. The molecule has 1 heterocycles. The van der Waals surface area contributed by atoms with Gasteiger partial charge < -0.3 is 16.0 Å². The third kappa shape index (κ3) is 4.77. The first-order valence-electron chi connectivity index (χ1n) is 10.1. The molecule has 1 saturated heterocycles. The molecule has 1 saturated carbocycles. The SMILES string of the molecule is CC(CN1CCN(c2ccccc2)CC1)NC(=O)C1CCCCC1(C)N. The van der Waals surface area contributed by atoms with Gasteiger partial charge >= 0.3 is 0 Å². The predicted octanol–water partition coefficient (Wildman–Crippen LogP) is 2.22. The number of nitrogens with one attached hydrogen (secondary N) is 1. The second kappa shape index (κ2) is 8.40. The average Bonchev–Trinajstić information content (AvgIpc) is 2.62. The Kier molecular flexibility index (Phi) is 6.20. The quantitative estimate of drug-likeness (QED) is 0.847. The van der Waals surface area contributed by atoms with Crippen LogP contribution in [0, 0.1) is 5.92 Å². The van der Waals surface area contributed by atoms with Crippen LogP contribution in [0.5, 0.6) is 0 Å². The first kappa shape index (κ1) is 19.2. The fourth-order valence-corrected chi connectivity index (χ4v) is 4.39. The molecule has 26 heavy (non-hydrogen) atoms. The van der Waals surface area contributed by atoms with E-state index >= 15 is 0 Å². The second-order valence-corrected chi connectivity index (χ2v) is 8.34. The molecule has 1 aromatic carbocycles. The maximum Gasteiger partial charge on any atom is 0.225 e. The molecule has 1 aromatic rings. The Hall–Kier alpha value is -1.59. The molecule has 0 radical (unpaired) electrons. The van der Waals surface area contributed by atoms with Gasteiger partial charge in [0.15, 0.2) is 0 Å². The summed E-state index contributed by atoms with van der Waals surface area (Å²) in [7, 11) is 0. The van der Waals surface area contributed by atoms with E-state index in [4.69, 9.17) is 5.73 Å². The molecule has 5 nitrogen and oxygen atoms in total. The fourth-order valence-electron chi connectivity index (χ4n) is 4.39. The van der Waals surface area contributed by atoms with Gasteiger partial charge in [0, 0.05) is 50.0 Å². The number of nitrogens with two attached hydrogens (primary N) is 1. The van der Waals surface area contributed by atoms with Crippen LogP contribution >= 0.6 is 0 Å². The lowest BCUT2D eigenvalue weighted by molar-refractivity contribution is -0.128. The standard InChI is InChI=1S/C21H34N4O/c1-17(23-20(26)19-10-6-7-11-21(19,2)22)16-24-12-14-25(15-13-24)18-8-4-3-5-9-18/h3-5,8-9,17,19H,6-7,10-16,22H2,1-2H3,(H,23,26). The second-order valence-electron chi connectivity index (χ2n) is 8.34. The summed E-state index contributed by atoms with van der Waals surface area (Å²) in [6, 6.07) is 10.7. The van der Waals surface area contributed by atoms with Crippen molar-refractivity contribution in [2.45, 2.75) is 51.1 Å². The van der Waals surface area contributed by atoms with Crippen LogP contribution in [0.2, 0.25) is 0 Å². The number of rotatable bonds is 5. The van der Waals surface area contributed by atoms with E-state index in [2.05, 4.69) is 52.4 Å². The zero-order valence-corrected chi connectivity index (χ0v) is 16.3. The van der Waals surface area contributed by atoms with Crippen LogP contribution in [0.4, 0.5) is 5.69 Å². The van der Waals surface area contributed by atoms with Crippen LogP contribution in [-0.2, 0) is 4.79 Å². The van der Waals surface area contributed by atoms with E-state index in [1.165, 1.54) is 5.69 Å². The van der Waals surface area contributed by atoms with Crippen molar-refractivity contribution in [2.24, 2.45) is 11.7 Å². The van der Waals surface area contributed by atoms with Crippen LogP contribution in [-0.4, -0.2) is 55.1 Å². The highest BCUT2D eigenvalue weighted by atomic mass is 16.2. The third-order valence-corrected chi connectivity index (χ3v) is 5.99. The largest absolute Gasteiger partial charge is 0.369 e. The van der Waals surface area contributed by atoms with Gasteiger partial charge in [0.1, 0.15) is 0 Å². The number of anilines is 1. The molecule has 0 aromatic heterocycles. The van der Waals surface area contributed by atoms with Crippen LogP contribution in [0.1, 0.15) is 39.5 Å². The molecular weight excluding hydrogens is 324 g/mol. The highest BCUT2D eigenvalue weighted by Crippen LogP contribution is 2.31. The minimum Gasteiger partial charge on any atom is -0.369 e. The van der Waals surface area contributed by atoms with E-state index in [9.17, 15) is 4.79 Å². The molecule has 2 aliphatic rings. The van der Waals surface area contributed by atoms with Crippen molar-refractivity contribution in [2.75, 3.05) is 37.6 Å². The summed E-state index contributed by atoms with van der Waals surface area (Å²) in [4.78, 5) is 17.6. The summed E-state index contributed by atoms with van der Waals surface area (Å²) in [5, 5.41) is 3.22. The average molecular weight is 359 g/mol. The van der Waals surface area contributed by atoms with Crippen molar-refractivity contribution in [1.82, 2.24) is 10.2 Å². The van der Waals surface area contributed by atoms with Gasteiger partial charge in [0.05, 0.1) is 5.92 Å². The Morgan fingerprint density at radius 2 is 1.92 bits per heavy atom. The molecule has 0 bridgehead atoms. The molecule has 3 N–H and O–H groups in total. The number of amides is 1. The molecule has 1 amide bonds. The summed E-state index contributed by atoms with van der Waals surface area (Å²) in [6.45, 7) is 9.19. The summed E-state index contributed by atoms with van der Waals surface area (Å²) in [5.41, 5.74) is 7.32. The molecule has 1 aliphatic carbocycles. The van der Waals surface area contributed by atoms with Gasteiger partial charge in [-0.15, -0.1) is 0 Å². The number of nitrogens with zero attached hydrogens (tertiary/aromatic N) is 2. The Bertz CT molecular complexity index is 581. The van der Waals surface area contributed by atoms with E-state index < -0.39 is 0 Å². The van der Waals surface area contributed by atoms with Crippen LogP contribution in [0.3, 0.4) is 0 Å². The van der Waals surface area contributed by atoms with Crippen molar-refractivity contribution in [3.63, 3.8) is 0 Å². The zero-order valence-electron chi connectivity index (χ0n) is 16.3. The zero-order chi connectivity index (χ0) is 18.6. The summed E-state index contributed by atoms with van der Waals surface area (Å²) in [6.07, 6.45) is 4.11. The molecule has 5 heteroatoms. The van der Waals surface area contributed by atoms with Gasteiger partial charge in [0.2, 0.25) is 5.91 Å². The van der Waals surface area contributed by atoms with Crippen molar-refractivity contribution in [3.8, 4) is 0 Å². The molecule has 144 valence electrons. The van der Waals surface area contributed by atoms with Gasteiger partial charge in [-0.1, -0.05) is 31.0 Å². The van der Waals surface area contributed by atoms with Crippen molar-refractivity contribution in [1.29, 1.82) is 0 Å². The lowest BCUT2D eigenvalue weighted by Crippen LogP contribution is -2.56. The van der Waals surface area contributed by atoms with Gasteiger partial charge in [-0.3, -0.25) is 9.69 Å². The van der Waals surface area contributed by atoms with Gasteiger partial charge in [-0.25, -0.2) is 0 Å². The number of hydrogen-bond donors (Lipinski definition) is 2. The molecular formula is C21H34N4O. The van der Waals surface area contributed by atoms with Gasteiger partial charge in [0.25, 0.3) is 0 Å².